The van der Waals surface area contributed by atoms with E-state index >= 15 is 0 Å². The van der Waals surface area contributed by atoms with Crippen LogP contribution in [0.1, 0.15) is 17.3 Å². The number of nitrogens with zero attached hydrogens (tertiary/aromatic N) is 2. The Hall–Kier alpha value is -2.80. The second-order valence-corrected chi connectivity index (χ2v) is 6.79. The standard InChI is InChI=1S/C19H18N2O4S/c1-3-23-13-5-6-14-17(11-13)26-19(21(14)2)20-18(22)12-4-7-15-16(10-12)25-9-8-24-15/h4-7,10-11H,3,8-9H2,1-2H3. The molecule has 0 atom stereocenters. The molecule has 0 radical (unpaired) electrons. The van der Waals surface area contributed by atoms with Crippen molar-refractivity contribution >= 4 is 27.5 Å². The molecule has 0 fully saturated rings. The third-order valence-corrected chi connectivity index (χ3v) is 5.17. The summed E-state index contributed by atoms with van der Waals surface area (Å²) >= 11 is 1.46. The summed E-state index contributed by atoms with van der Waals surface area (Å²) < 4.78 is 19.5. The van der Waals surface area contributed by atoms with Crippen molar-refractivity contribution in [2.45, 2.75) is 6.92 Å². The van der Waals surface area contributed by atoms with Crippen LogP contribution in [0.25, 0.3) is 10.2 Å². The number of fused-ring (bicyclic) bond motifs is 2. The van der Waals surface area contributed by atoms with E-state index in [4.69, 9.17) is 14.2 Å². The Kier molecular flexibility index (Phi) is 4.38. The molecule has 0 bridgehead atoms. The van der Waals surface area contributed by atoms with Crippen molar-refractivity contribution in [2.75, 3.05) is 19.8 Å². The van der Waals surface area contributed by atoms with Crippen molar-refractivity contribution in [1.29, 1.82) is 0 Å². The Morgan fingerprint density at radius 2 is 2.00 bits per heavy atom. The number of hydrogen-bond donors (Lipinski definition) is 0. The number of carbonyl (C=O) groups is 1. The Balaban J connectivity index is 1.71. The lowest BCUT2D eigenvalue weighted by molar-refractivity contribution is 0.0996. The Bertz CT molecular complexity index is 1050. The molecule has 134 valence electrons. The summed E-state index contributed by atoms with van der Waals surface area (Å²) in [5, 5.41) is 0. The minimum atomic E-state index is -0.311. The maximum Gasteiger partial charge on any atom is 0.279 e. The molecule has 26 heavy (non-hydrogen) atoms. The first-order valence-electron chi connectivity index (χ1n) is 8.37. The van der Waals surface area contributed by atoms with Crippen LogP contribution < -0.4 is 19.0 Å². The maximum atomic E-state index is 12.6. The molecular weight excluding hydrogens is 352 g/mol. The van der Waals surface area contributed by atoms with Crippen molar-refractivity contribution in [3.05, 3.63) is 46.8 Å². The zero-order chi connectivity index (χ0) is 18.1. The number of amides is 1. The highest BCUT2D eigenvalue weighted by atomic mass is 32.1. The Labute approximate surface area is 154 Å². The smallest absolute Gasteiger partial charge is 0.279 e. The van der Waals surface area contributed by atoms with Crippen LogP contribution in [0.3, 0.4) is 0 Å². The van der Waals surface area contributed by atoms with E-state index in [0.717, 1.165) is 16.0 Å². The van der Waals surface area contributed by atoms with Gasteiger partial charge in [0, 0.05) is 12.6 Å². The molecule has 1 amide bonds. The molecule has 3 aromatic rings. The molecule has 0 aliphatic carbocycles. The van der Waals surface area contributed by atoms with E-state index in [1.165, 1.54) is 11.3 Å². The fourth-order valence-corrected chi connectivity index (χ4v) is 3.85. The summed E-state index contributed by atoms with van der Waals surface area (Å²) in [5.74, 6) is 1.74. The molecule has 2 aromatic carbocycles. The number of thiazole rings is 1. The quantitative estimate of drug-likeness (QED) is 0.711. The summed E-state index contributed by atoms with van der Waals surface area (Å²) in [7, 11) is 1.90. The fourth-order valence-electron chi connectivity index (χ4n) is 2.81. The van der Waals surface area contributed by atoms with Crippen LogP contribution in [0.2, 0.25) is 0 Å². The summed E-state index contributed by atoms with van der Waals surface area (Å²) in [6.45, 7) is 3.56. The van der Waals surface area contributed by atoms with Gasteiger partial charge in [-0.1, -0.05) is 11.3 Å². The lowest BCUT2D eigenvalue weighted by Gasteiger charge is -2.18. The van der Waals surface area contributed by atoms with Gasteiger partial charge in [-0.05, 0) is 43.3 Å². The molecule has 2 heterocycles. The highest BCUT2D eigenvalue weighted by Gasteiger charge is 2.15. The van der Waals surface area contributed by atoms with Crippen LogP contribution in [-0.2, 0) is 7.05 Å². The predicted octanol–water partition coefficient (Wildman–Crippen LogP) is 3.15. The number of carbonyl (C=O) groups excluding carboxylic acids is 1. The van der Waals surface area contributed by atoms with Crippen molar-refractivity contribution in [2.24, 2.45) is 12.0 Å². The number of ether oxygens (including phenoxy) is 3. The van der Waals surface area contributed by atoms with Crippen molar-refractivity contribution < 1.29 is 19.0 Å². The van der Waals surface area contributed by atoms with Gasteiger partial charge in [0.05, 0.1) is 16.8 Å². The molecule has 1 aromatic heterocycles. The minimum absolute atomic E-state index is 0.311. The van der Waals surface area contributed by atoms with Crippen LogP contribution in [0, 0.1) is 0 Å². The van der Waals surface area contributed by atoms with Crippen molar-refractivity contribution in [3.8, 4) is 17.2 Å². The number of rotatable bonds is 3. The summed E-state index contributed by atoms with van der Waals surface area (Å²) in [5.41, 5.74) is 1.48. The minimum Gasteiger partial charge on any atom is -0.494 e. The van der Waals surface area contributed by atoms with Gasteiger partial charge < -0.3 is 18.8 Å². The monoisotopic (exact) mass is 370 g/mol. The first-order chi connectivity index (χ1) is 12.7. The molecule has 6 nitrogen and oxygen atoms in total. The third kappa shape index (κ3) is 3.06. The van der Waals surface area contributed by atoms with Crippen LogP contribution in [0.15, 0.2) is 41.4 Å². The van der Waals surface area contributed by atoms with Gasteiger partial charge in [-0.2, -0.15) is 4.99 Å². The van der Waals surface area contributed by atoms with Gasteiger partial charge in [0.2, 0.25) is 0 Å². The van der Waals surface area contributed by atoms with E-state index in [-0.39, 0.29) is 5.91 Å². The number of aromatic nitrogens is 1. The zero-order valence-electron chi connectivity index (χ0n) is 14.5. The van der Waals surface area contributed by atoms with Gasteiger partial charge in [-0.15, -0.1) is 0 Å². The van der Waals surface area contributed by atoms with E-state index in [2.05, 4.69) is 4.99 Å². The molecule has 0 saturated heterocycles. The Morgan fingerprint density at radius 1 is 1.19 bits per heavy atom. The highest BCUT2D eigenvalue weighted by molar-refractivity contribution is 7.16. The summed E-state index contributed by atoms with van der Waals surface area (Å²) in [6, 6.07) is 11.0. The molecular formula is C19H18N2O4S. The van der Waals surface area contributed by atoms with E-state index < -0.39 is 0 Å². The third-order valence-electron chi connectivity index (χ3n) is 4.08. The molecule has 4 rings (SSSR count). The van der Waals surface area contributed by atoms with Crippen LogP contribution in [0.5, 0.6) is 17.2 Å². The van der Waals surface area contributed by atoms with Gasteiger partial charge in [0.1, 0.15) is 19.0 Å². The SMILES string of the molecule is CCOc1ccc2c(c1)sc(=NC(=O)c1ccc3c(c1)OCCO3)n2C. The molecule has 0 N–H and O–H groups in total. The number of hydrogen-bond acceptors (Lipinski definition) is 5. The topological polar surface area (TPSA) is 62.1 Å². The average Bonchev–Trinajstić information content (AvgIpc) is 2.96. The molecule has 0 saturated carbocycles. The van der Waals surface area contributed by atoms with Gasteiger partial charge in [-0.25, -0.2) is 0 Å². The van der Waals surface area contributed by atoms with E-state index in [1.807, 2.05) is 36.7 Å². The maximum absolute atomic E-state index is 12.6. The second kappa shape index (κ2) is 6.84. The molecule has 0 spiro atoms. The Morgan fingerprint density at radius 3 is 2.81 bits per heavy atom. The van der Waals surface area contributed by atoms with Crippen molar-refractivity contribution in [1.82, 2.24) is 4.57 Å². The highest BCUT2D eigenvalue weighted by Crippen LogP contribution is 2.31. The lowest BCUT2D eigenvalue weighted by atomic mass is 10.2. The van der Waals surface area contributed by atoms with E-state index in [9.17, 15) is 4.79 Å². The lowest BCUT2D eigenvalue weighted by Crippen LogP contribution is -2.16. The number of benzene rings is 2. The first-order valence-corrected chi connectivity index (χ1v) is 9.18. The van der Waals surface area contributed by atoms with Crippen LogP contribution in [0.4, 0.5) is 0 Å². The fraction of sp³-hybridized carbons (Fsp3) is 0.263. The second-order valence-electron chi connectivity index (χ2n) is 5.78. The summed E-state index contributed by atoms with van der Waals surface area (Å²) in [4.78, 5) is 17.5. The molecule has 1 aliphatic heterocycles. The summed E-state index contributed by atoms with van der Waals surface area (Å²) in [6.07, 6.45) is 0. The van der Waals surface area contributed by atoms with Gasteiger partial charge >= 0.3 is 0 Å². The van der Waals surface area contributed by atoms with Gasteiger partial charge in [0.25, 0.3) is 5.91 Å². The van der Waals surface area contributed by atoms with Crippen LogP contribution in [-0.4, -0.2) is 30.3 Å². The van der Waals surface area contributed by atoms with Gasteiger partial charge in [-0.3, -0.25) is 4.79 Å². The van der Waals surface area contributed by atoms with Crippen molar-refractivity contribution in [3.63, 3.8) is 0 Å². The normalized spacial score (nSPS) is 13.8. The number of aryl methyl sites for hydroxylation is 1. The molecule has 0 unspecified atom stereocenters. The van der Waals surface area contributed by atoms with E-state index in [1.54, 1.807) is 18.2 Å². The van der Waals surface area contributed by atoms with E-state index in [0.29, 0.717) is 41.7 Å². The molecule has 1 aliphatic rings. The van der Waals surface area contributed by atoms with Crippen LogP contribution >= 0.6 is 11.3 Å². The predicted molar refractivity (Wildman–Crippen MR) is 99.3 cm³/mol. The molecule has 7 heteroatoms. The largest absolute Gasteiger partial charge is 0.494 e. The van der Waals surface area contributed by atoms with Gasteiger partial charge in [0.15, 0.2) is 16.3 Å². The zero-order valence-corrected chi connectivity index (χ0v) is 15.3. The first kappa shape index (κ1) is 16.7. The average molecular weight is 370 g/mol.